The lowest BCUT2D eigenvalue weighted by atomic mass is 10.0. The van der Waals surface area contributed by atoms with E-state index in [0.29, 0.717) is 17.0 Å². The van der Waals surface area contributed by atoms with Gasteiger partial charge in [0.25, 0.3) is 5.91 Å². The zero-order valence-corrected chi connectivity index (χ0v) is 15.2. The third-order valence-corrected chi connectivity index (χ3v) is 4.31. The maximum Gasteiger partial charge on any atom is 0.271 e. The van der Waals surface area contributed by atoms with Crippen LogP contribution in [0.5, 0.6) is 0 Å². The summed E-state index contributed by atoms with van der Waals surface area (Å²) in [5, 5.41) is 4.95. The number of hydrogen-bond acceptors (Lipinski definition) is 2. The number of hydrazone groups is 1. The van der Waals surface area contributed by atoms with E-state index in [1.54, 1.807) is 12.1 Å². The molecule has 3 aromatic carbocycles. The third-order valence-electron chi connectivity index (χ3n) is 4.06. The molecule has 1 N–H and O–H groups in total. The van der Waals surface area contributed by atoms with Gasteiger partial charge in [-0.1, -0.05) is 73.1 Å². The summed E-state index contributed by atoms with van der Waals surface area (Å²) in [6, 6.07) is 25.0. The molecule has 3 rings (SSSR count). The van der Waals surface area contributed by atoms with E-state index in [0.717, 1.165) is 22.4 Å². The first-order chi connectivity index (χ1) is 12.7. The molecule has 26 heavy (non-hydrogen) atoms. The van der Waals surface area contributed by atoms with Crippen molar-refractivity contribution in [1.29, 1.82) is 0 Å². The van der Waals surface area contributed by atoms with E-state index in [1.165, 1.54) is 0 Å². The van der Waals surface area contributed by atoms with E-state index >= 15 is 0 Å². The van der Waals surface area contributed by atoms with Crippen molar-refractivity contribution in [3.05, 3.63) is 95.0 Å². The molecular formula is C22H19ClN2O. The predicted molar refractivity (Wildman–Crippen MR) is 108 cm³/mol. The summed E-state index contributed by atoms with van der Waals surface area (Å²) in [6.07, 6.45) is 0.703. The highest BCUT2D eigenvalue weighted by molar-refractivity contribution is 6.30. The Morgan fingerprint density at radius 2 is 1.42 bits per heavy atom. The van der Waals surface area contributed by atoms with Crippen LogP contribution in [0.4, 0.5) is 0 Å². The number of nitrogens with zero attached hydrogens (tertiary/aromatic N) is 1. The standard InChI is InChI=1S/C22H19ClN2O/c1-2-21(18-12-14-20(23)15-13-18)24-25-22(26)19-10-8-17(9-11-19)16-6-4-3-5-7-16/h3-15H,2H2,1H3,(H,25,26)/b24-21+. The van der Waals surface area contributed by atoms with Crippen LogP contribution >= 0.6 is 11.6 Å². The fourth-order valence-electron chi connectivity index (χ4n) is 2.62. The molecule has 1 amide bonds. The molecule has 0 heterocycles. The molecule has 130 valence electrons. The zero-order chi connectivity index (χ0) is 18.4. The molecule has 3 aromatic rings. The normalized spacial score (nSPS) is 11.2. The average molecular weight is 363 g/mol. The largest absolute Gasteiger partial charge is 0.271 e. The molecule has 0 spiro atoms. The van der Waals surface area contributed by atoms with Crippen molar-refractivity contribution in [2.75, 3.05) is 0 Å². The second-order valence-corrected chi connectivity index (χ2v) is 6.24. The highest BCUT2D eigenvalue weighted by atomic mass is 35.5. The highest BCUT2D eigenvalue weighted by Crippen LogP contribution is 2.19. The Labute approximate surface area is 158 Å². The van der Waals surface area contributed by atoms with Crippen LogP contribution in [0.2, 0.25) is 5.02 Å². The minimum absolute atomic E-state index is 0.232. The van der Waals surface area contributed by atoms with E-state index in [9.17, 15) is 4.79 Å². The summed E-state index contributed by atoms with van der Waals surface area (Å²) in [7, 11) is 0. The number of benzene rings is 3. The Balaban J connectivity index is 1.72. The van der Waals surface area contributed by atoms with Gasteiger partial charge in [-0.15, -0.1) is 0 Å². The molecule has 0 aliphatic heterocycles. The lowest BCUT2D eigenvalue weighted by Gasteiger charge is -2.06. The van der Waals surface area contributed by atoms with Crippen molar-refractivity contribution >= 4 is 23.2 Å². The first kappa shape index (κ1) is 17.9. The van der Waals surface area contributed by atoms with Crippen molar-refractivity contribution < 1.29 is 4.79 Å². The minimum Gasteiger partial charge on any atom is -0.267 e. The molecule has 0 unspecified atom stereocenters. The second-order valence-electron chi connectivity index (χ2n) is 5.80. The van der Waals surface area contributed by atoms with Gasteiger partial charge in [0.05, 0.1) is 5.71 Å². The summed E-state index contributed by atoms with van der Waals surface area (Å²) in [6.45, 7) is 1.99. The molecule has 0 atom stereocenters. The molecule has 0 fully saturated rings. The quantitative estimate of drug-likeness (QED) is 0.469. The van der Waals surface area contributed by atoms with Crippen molar-refractivity contribution in [2.24, 2.45) is 5.10 Å². The molecular weight excluding hydrogens is 344 g/mol. The van der Waals surface area contributed by atoms with Crippen LogP contribution in [0, 0.1) is 0 Å². The number of amides is 1. The van der Waals surface area contributed by atoms with Crippen LogP contribution in [-0.4, -0.2) is 11.6 Å². The van der Waals surface area contributed by atoms with Crippen molar-refractivity contribution in [2.45, 2.75) is 13.3 Å². The summed E-state index contributed by atoms with van der Waals surface area (Å²) in [4.78, 5) is 12.4. The van der Waals surface area contributed by atoms with Crippen LogP contribution in [-0.2, 0) is 0 Å². The summed E-state index contributed by atoms with van der Waals surface area (Å²) in [5.74, 6) is -0.232. The van der Waals surface area contributed by atoms with Gasteiger partial charge >= 0.3 is 0 Å². The number of hydrogen-bond donors (Lipinski definition) is 1. The van der Waals surface area contributed by atoms with Gasteiger partial charge in [0.1, 0.15) is 0 Å². The number of halogens is 1. The van der Waals surface area contributed by atoms with Gasteiger partial charge in [0.15, 0.2) is 0 Å². The highest BCUT2D eigenvalue weighted by Gasteiger charge is 2.07. The van der Waals surface area contributed by atoms with Gasteiger partial charge in [-0.25, -0.2) is 5.43 Å². The third kappa shape index (κ3) is 4.38. The van der Waals surface area contributed by atoms with Crippen LogP contribution in [0.1, 0.15) is 29.3 Å². The van der Waals surface area contributed by atoms with Crippen molar-refractivity contribution in [3.63, 3.8) is 0 Å². The Hall–Kier alpha value is -2.91. The SMILES string of the molecule is CC/C(=N\NC(=O)c1ccc(-c2ccccc2)cc1)c1ccc(Cl)cc1. The number of carbonyl (C=O) groups excluding carboxylic acids is 1. The van der Waals surface area contributed by atoms with Crippen LogP contribution in [0.3, 0.4) is 0 Å². The first-order valence-electron chi connectivity index (χ1n) is 8.45. The maximum atomic E-state index is 12.4. The average Bonchev–Trinajstić information content (AvgIpc) is 2.70. The lowest BCUT2D eigenvalue weighted by molar-refractivity contribution is 0.0955. The summed E-state index contributed by atoms with van der Waals surface area (Å²) >= 11 is 5.91. The molecule has 0 aliphatic carbocycles. The lowest BCUT2D eigenvalue weighted by Crippen LogP contribution is -2.19. The van der Waals surface area contributed by atoms with Gasteiger partial charge in [-0.2, -0.15) is 5.10 Å². The molecule has 3 nitrogen and oxygen atoms in total. The molecule has 0 aromatic heterocycles. The van der Waals surface area contributed by atoms with Crippen LogP contribution in [0.15, 0.2) is 84.0 Å². The fourth-order valence-corrected chi connectivity index (χ4v) is 2.74. The molecule has 0 saturated heterocycles. The minimum atomic E-state index is -0.232. The zero-order valence-electron chi connectivity index (χ0n) is 14.4. The molecule has 0 radical (unpaired) electrons. The van der Waals surface area contributed by atoms with E-state index < -0.39 is 0 Å². The maximum absolute atomic E-state index is 12.4. The Bertz CT molecular complexity index is 901. The van der Waals surface area contributed by atoms with Gasteiger partial charge < -0.3 is 0 Å². The van der Waals surface area contributed by atoms with Gasteiger partial charge in [-0.05, 0) is 47.4 Å². The van der Waals surface area contributed by atoms with Crippen LogP contribution < -0.4 is 5.43 Å². The van der Waals surface area contributed by atoms with Crippen LogP contribution in [0.25, 0.3) is 11.1 Å². The molecule has 4 heteroatoms. The summed E-state index contributed by atoms with van der Waals surface area (Å²) < 4.78 is 0. The molecule has 0 aliphatic rings. The van der Waals surface area contributed by atoms with Crippen molar-refractivity contribution in [3.8, 4) is 11.1 Å². The Morgan fingerprint density at radius 3 is 2.04 bits per heavy atom. The Morgan fingerprint density at radius 1 is 0.846 bits per heavy atom. The van der Waals surface area contributed by atoms with Gasteiger partial charge in [0.2, 0.25) is 0 Å². The van der Waals surface area contributed by atoms with E-state index in [2.05, 4.69) is 10.5 Å². The number of nitrogens with one attached hydrogen (secondary N) is 1. The Kier molecular flexibility index (Phi) is 5.82. The topological polar surface area (TPSA) is 41.5 Å². The second kappa shape index (κ2) is 8.45. The predicted octanol–water partition coefficient (Wildman–Crippen LogP) is 5.55. The fraction of sp³-hybridized carbons (Fsp3) is 0.0909. The summed E-state index contributed by atoms with van der Waals surface area (Å²) in [5.41, 5.74) is 7.14. The number of rotatable bonds is 5. The molecule has 0 saturated carbocycles. The molecule has 0 bridgehead atoms. The van der Waals surface area contributed by atoms with E-state index in [4.69, 9.17) is 11.6 Å². The van der Waals surface area contributed by atoms with Gasteiger partial charge in [-0.3, -0.25) is 4.79 Å². The van der Waals surface area contributed by atoms with Crippen molar-refractivity contribution in [1.82, 2.24) is 5.43 Å². The number of carbonyl (C=O) groups is 1. The van der Waals surface area contributed by atoms with E-state index in [1.807, 2.05) is 73.7 Å². The monoisotopic (exact) mass is 362 g/mol. The van der Waals surface area contributed by atoms with Gasteiger partial charge in [0, 0.05) is 10.6 Å². The first-order valence-corrected chi connectivity index (χ1v) is 8.83. The van der Waals surface area contributed by atoms with E-state index in [-0.39, 0.29) is 5.91 Å². The smallest absolute Gasteiger partial charge is 0.267 e.